The average Bonchev–Trinajstić information content (AvgIpc) is 3.08. The Morgan fingerprint density at radius 2 is 1.55 bits per heavy atom. The third kappa shape index (κ3) is 4.94. The molecule has 0 saturated carbocycles. The van der Waals surface area contributed by atoms with Gasteiger partial charge in [0, 0.05) is 45.6 Å². The highest BCUT2D eigenvalue weighted by Gasteiger charge is 2.34. The lowest BCUT2D eigenvalue weighted by Gasteiger charge is -2.39. The third-order valence-corrected chi connectivity index (χ3v) is 7.30. The first-order valence-corrected chi connectivity index (χ1v) is 12.0. The maximum absolute atomic E-state index is 13.2. The van der Waals surface area contributed by atoms with Crippen LogP contribution in [0.4, 0.5) is 0 Å². The summed E-state index contributed by atoms with van der Waals surface area (Å²) in [4.78, 5) is 44.1. The predicted molar refractivity (Wildman–Crippen MR) is 119 cm³/mol. The van der Waals surface area contributed by atoms with Crippen LogP contribution in [0.25, 0.3) is 0 Å². The quantitative estimate of drug-likeness (QED) is 0.747. The van der Waals surface area contributed by atoms with Crippen molar-refractivity contribution < 1.29 is 14.4 Å². The van der Waals surface area contributed by atoms with Crippen LogP contribution in [0.3, 0.4) is 0 Å². The summed E-state index contributed by atoms with van der Waals surface area (Å²) >= 11 is 0. The van der Waals surface area contributed by atoms with Crippen LogP contribution in [0.15, 0.2) is 24.3 Å². The average molecular weight is 426 g/mol. The summed E-state index contributed by atoms with van der Waals surface area (Å²) in [6, 6.07) is 7.97. The summed E-state index contributed by atoms with van der Waals surface area (Å²) < 4.78 is 0. The third-order valence-electron chi connectivity index (χ3n) is 7.30. The van der Waals surface area contributed by atoms with Gasteiger partial charge in [-0.15, -0.1) is 0 Å². The van der Waals surface area contributed by atoms with Crippen LogP contribution in [-0.2, 0) is 20.8 Å². The highest BCUT2D eigenvalue weighted by molar-refractivity contribution is 5.81. The molecular formula is C25H35N3O3. The smallest absolute Gasteiger partial charge is 0.225 e. The van der Waals surface area contributed by atoms with E-state index in [-0.39, 0.29) is 29.7 Å². The van der Waals surface area contributed by atoms with Crippen molar-refractivity contribution >= 4 is 17.7 Å². The zero-order valence-electron chi connectivity index (χ0n) is 18.7. The fourth-order valence-electron chi connectivity index (χ4n) is 5.47. The molecule has 1 aromatic rings. The van der Waals surface area contributed by atoms with Crippen molar-refractivity contribution in [2.45, 2.75) is 64.3 Å². The lowest BCUT2D eigenvalue weighted by atomic mass is 9.89. The first-order valence-electron chi connectivity index (χ1n) is 12.0. The minimum absolute atomic E-state index is 0.0223. The molecule has 2 saturated heterocycles. The van der Waals surface area contributed by atoms with Crippen LogP contribution in [-0.4, -0.2) is 65.1 Å². The summed E-state index contributed by atoms with van der Waals surface area (Å²) in [7, 11) is 0. The number of hydrogen-bond acceptors (Lipinski definition) is 3. The van der Waals surface area contributed by atoms with Crippen LogP contribution < -0.4 is 0 Å². The van der Waals surface area contributed by atoms with Crippen molar-refractivity contribution in [3.8, 4) is 0 Å². The van der Waals surface area contributed by atoms with Crippen LogP contribution in [0.2, 0.25) is 0 Å². The molecule has 0 aliphatic carbocycles. The van der Waals surface area contributed by atoms with E-state index in [4.69, 9.17) is 0 Å². The predicted octanol–water partition coefficient (Wildman–Crippen LogP) is 3.16. The van der Waals surface area contributed by atoms with E-state index in [1.165, 1.54) is 18.4 Å². The van der Waals surface area contributed by atoms with Crippen molar-refractivity contribution in [2.75, 3.05) is 32.7 Å². The Kier molecular flexibility index (Phi) is 6.93. The maximum atomic E-state index is 13.2. The monoisotopic (exact) mass is 425 g/mol. The van der Waals surface area contributed by atoms with Gasteiger partial charge in [-0.2, -0.15) is 0 Å². The Balaban J connectivity index is 1.36. The minimum atomic E-state index is -0.189. The van der Waals surface area contributed by atoms with Crippen molar-refractivity contribution in [2.24, 2.45) is 5.92 Å². The van der Waals surface area contributed by atoms with E-state index in [1.807, 2.05) is 21.9 Å². The molecule has 1 aromatic carbocycles. The Morgan fingerprint density at radius 3 is 2.23 bits per heavy atom. The number of piperidine rings is 1. The van der Waals surface area contributed by atoms with Crippen molar-refractivity contribution in [3.63, 3.8) is 0 Å². The van der Waals surface area contributed by atoms with E-state index in [1.54, 1.807) is 6.92 Å². The van der Waals surface area contributed by atoms with Crippen LogP contribution >= 0.6 is 0 Å². The Labute approximate surface area is 185 Å². The number of likely N-dealkylation sites (tertiary alicyclic amines) is 2. The molecule has 1 unspecified atom stereocenters. The van der Waals surface area contributed by atoms with Crippen LogP contribution in [0.1, 0.15) is 69.0 Å². The maximum Gasteiger partial charge on any atom is 0.225 e. The highest BCUT2D eigenvalue weighted by Crippen LogP contribution is 2.33. The number of amides is 3. The number of rotatable bonds is 3. The molecule has 168 valence electrons. The molecule has 31 heavy (non-hydrogen) atoms. The van der Waals surface area contributed by atoms with Crippen molar-refractivity contribution in [1.29, 1.82) is 0 Å². The summed E-state index contributed by atoms with van der Waals surface area (Å²) in [5.74, 6) is 0.451. The number of carbonyl (C=O) groups excluding carboxylic acids is 3. The van der Waals surface area contributed by atoms with Gasteiger partial charge in [-0.25, -0.2) is 0 Å². The second kappa shape index (κ2) is 9.84. The summed E-state index contributed by atoms with van der Waals surface area (Å²) in [6.45, 7) is 5.30. The Morgan fingerprint density at radius 1 is 0.871 bits per heavy atom. The van der Waals surface area contributed by atoms with E-state index in [0.29, 0.717) is 26.1 Å². The van der Waals surface area contributed by atoms with Gasteiger partial charge in [0.05, 0.1) is 12.5 Å². The second-order valence-corrected chi connectivity index (χ2v) is 9.28. The van der Waals surface area contributed by atoms with Gasteiger partial charge in [-0.3, -0.25) is 14.4 Å². The van der Waals surface area contributed by atoms with E-state index in [9.17, 15) is 14.4 Å². The molecule has 4 rings (SSSR count). The highest BCUT2D eigenvalue weighted by atomic mass is 16.2. The topological polar surface area (TPSA) is 60.9 Å². The molecule has 6 nitrogen and oxygen atoms in total. The van der Waals surface area contributed by atoms with Crippen LogP contribution in [0.5, 0.6) is 0 Å². The first kappa shape index (κ1) is 21.8. The number of benzene rings is 1. The van der Waals surface area contributed by atoms with Crippen molar-refractivity contribution in [1.82, 2.24) is 14.7 Å². The molecule has 2 fully saturated rings. The molecule has 1 atom stereocenters. The van der Waals surface area contributed by atoms with E-state index < -0.39 is 0 Å². The minimum Gasteiger partial charge on any atom is -0.343 e. The fourth-order valence-corrected chi connectivity index (χ4v) is 5.47. The molecule has 0 spiro atoms. The number of fused-ring (bicyclic) bond motifs is 1. The van der Waals surface area contributed by atoms with E-state index in [0.717, 1.165) is 50.8 Å². The molecule has 3 amide bonds. The SMILES string of the molecule is CC(=O)N1CCc2ccccc2C1CC(=O)N1CCC(C(=O)N2CCCCCC2)CC1. The Hall–Kier alpha value is -2.37. The van der Waals surface area contributed by atoms with Gasteiger partial charge in [0.25, 0.3) is 0 Å². The van der Waals surface area contributed by atoms with Gasteiger partial charge in [0.15, 0.2) is 0 Å². The molecule has 3 aliphatic heterocycles. The van der Waals surface area contributed by atoms with Gasteiger partial charge in [-0.05, 0) is 43.2 Å². The van der Waals surface area contributed by atoms with Crippen molar-refractivity contribution in [3.05, 3.63) is 35.4 Å². The molecule has 0 N–H and O–H groups in total. The van der Waals surface area contributed by atoms with Gasteiger partial charge in [-0.1, -0.05) is 37.1 Å². The molecular weight excluding hydrogens is 390 g/mol. The van der Waals surface area contributed by atoms with Crippen LogP contribution in [0, 0.1) is 5.92 Å². The molecule has 6 heteroatoms. The van der Waals surface area contributed by atoms with E-state index >= 15 is 0 Å². The molecule has 0 bridgehead atoms. The fraction of sp³-hybridized carbons (Fsp3) is 0.640. The second-order valence-electron chi connectivity index (χ2n) is 9.28. The summed E-state index contributed by atoms with van der Waals surface area (Å²) in [5, 5.41) is 0. The number of nitrogens with zero attached hydrogens (tertiary/aromatic N) is 3. The zero-order chi connectivity index (χ0) is 21.8. The zero-order valence-corrected chi connectivity index (χ0v) is 18.7. The molecule has 3 heterocycles. The molecule has 3 aliphatic rings. The standard InChI is InChI=1S/C25H35N3O3/c1-19(29)28-17-12-20-8-4-5-9-22(20)23(28)18-24(30)26-15-10-21(11-16-26)25(31)27-13-6-2-3-7-14-27/h4-5,8-9,21,23H,2-3,6-7,10-18H2,1H3. The van der Waals surface area contributed by atoms with Gasteiger partial charge < -0.3 is 14.7 Å². The normalized spacial score (nSPS) is 22.6. The van der Waals surface area contributed by atoms with Gasteiger partial charge in [0.1, 0.15) is 0 Å². The number of carbonyl (C=O) groups is 3. The van der Waals surface area contributed by atoms with Gasteiger partial charge in [0.2, 0.25) is 17.7 Å². The molecule has 0 radical (unpaired) electrons. The number of hydrogen-bond donors (Lipinski definition) is 0. The lowest BCUT2D eigenvalue weighted by Crippen LogP contribution is -2.46. The lowest BCUT2D eigenvalue weighted by molar-refractivity contribution is -0.142. The first-order chi connectivity index (χ1) is 15.0. The van der Waals surface area contributed by atoms with E-state index in [2.05, 4.69) is 17.0 Å². The Bertz CT molecular complexity index is 808. The summed E-state index contributed by atoms with van der Waals surface area (Å²) in [6.07, 6.45) is 7.32. The summed E-state index contributed by atoms with van der Waals surface area (Å²) in [5.41, 5.74) is 2.34. The van der Waals surface area contributed by atoms with Gasteiger partial charge >= 0.3 is 0 Å². The largest absolute Gasteiger partial charge is 0.343 e. The molecule has 0 aromatic heterocycles.